The number of nitrogens with one attached hydrogen (secondary N) is 2. The number of carbonyl (C=O) groups excluding carboxylic acids is 1. The topological polar surface area (TPSA) is 139 Å². The molecule has 4 aromatic rings. The van der Waals surface area contributed by atoms with Crippen molar-refractivity contribution in [2.24, 2.45) is 5.92 Å². The van der Waals surface area contributed by atoms with E-state index in [9.17, 15) is 23.1 Å². The minimum atomic E-state index is -4.48. The number of sulfonamides is 1. The first-order valence-corrected chi connectivity index (χ1v) is 14.6. The lowest BCUT2D eigenvalue weighted by Gasteiger charge is -2.34. The molecule has 0 saturated carbocycles. The predicted octanol–water partition coefficient (Wildman–Crippen LogP) is 5.50. The maximum atomic E-state index is 13.9. The molecule has 0 saturated heterocycles. The van der Waals surface area contributed by atoms with E-state index in [1.165, 1.54) is 6.08 Å². The van der Waals surface area contributed by atoms with E-state index in [-0.39, 0.29) is 12.2 Å². The molecule has 212 valence electrons. The molecule has 41 heavy (non-hydrogen) atoms. The number of benzene rings is 2. The summed E-state index contributed by atoms with van der Waals surface area (Å²) in [5.41, 5.74) is 4.23. The molecule has 3 N–H and O–H groups in total. The summed E-state index contributed by atoms with van der Waals surface area (Å²) in [5, 5.41) is 13.1. The number of amides is 1. The van der Waals surface area contributed by atoms with Crippen LogP contribution in [0.5, 0.6) is 0 Å². The summed E-state index contributed by atoms with van der Waals surface area (Å²) >= 11 is 0. The number of hydrogen-bond donors (Lipinski definition) is 3. The van der Waals surface area contributed by atoms with Gasteiger partial charge in [-0.1, -0.05) is 68.5 Å². The average molecular weight is 575 g/mol. The van der Waals surface area contributed by atoms with Crippen LogP contribution < -0.4 is 10.0 Å². The van der Waals surface area contributed by atoms with Gasteiger partial charge in [-0.3, -0.25) is 9.59 Å². The molecule has 1 aliphatic rings. The zero-order valence-electron chi connectivity index (χ0n) is 22.7. The summed E-state index contributed by atoms with van der Waals surface area (Å²) in [5.74, 6) is -2.66. The molecule has 1 unspecified atom stereocenters. The van der Waals surface area contributed by atoms with Crippen LogP contribution in [0.15, 0.2) is 94.2 Å². The fourth-order valence-electron chi connectivity index (χ4n) is 5.00. The maximum Gasteiger partial charge on any atom is 0.321 e. The van der Waals surface area contributed by atoms with E-state index in [2.05, 4.69) is 10.0 Å². The maximum absolute atomic E-state index is 13.9. The van der Waals surface area contributed by atoms with Crippen LogP contribution in [0.2, 0.25) is 0 Å². The smallest absolute Gasteiger partial charge is 0.321 e. The minimum Gasteiger partial charge on any atom is -0.480 e. The van der Waals surface area contributed by atoms with Gasteiger partial charge in [-0.25, -0.2) is 8.42 Å². The lowest BCUT2D eigenvalue weighted by atomic mass is 9.96. The SMILES string of the molecule is Cc1c(C(=O)NC2(S(=O)(=O)N[C@H](C(=O)O)C(C)C)C=CC(c3ccccc3)=CC2)oc2cccc(-c3ccoc3)c12. The first kappa shape index (κ1) is 28.1. The number of fused-ring (bicyclic) bond motifs is 1. The van der Waals surface area contributed by atoms with Crippen molar-refractivity contribution in [2.75, 3.05) is 0 Å². The molecule has 2 aromatic carbocycles. The molecule has 2 atom stereocenters. The Labute approximate surface area is 237 Å². The van der Waals surface area contributed by atoms with E-state index < -0.39 is 38.7 Å². The van der Waals surface area contributed by atoms with Crippen LogP contribution in [-0.4, -0.2) is 36.3 Å². The van der Waals surface area contributed by atoms with Gasteiger partial charge in [0.05, 0.1) is 12.5 Å². The molecule has 2 aromatic heterocycles. The third-order valence-electron chi connectivity index (χ3n) is 7.28. The number of aryl methyl sites for hydroxylation is 1. The molecular formula is C31H30N2O7S. The first-order valence-electron chi connectivity index (χ1n) is 13.1. The summed E-state index contributed by atoms with van der Waals surface area (Å²) in [7, 11) is -4.48. The van der Waals surface area contributed by atoms with Crippen molar-refractivity contribution in [3.63, 3.8) is 0 Å². The molecule has 0 radical (unpaired) electrons. The number of hydrogen-bond acceptors (Lipinski definition) is 6. The zero-order chi connectivity index (χ0) is 29.4. The molecule has 0 bridgehead atoms. The number of allylic oxidation sites excluding steroid dienone is 2. The van der Waals surface area contributed by atoms with Crippen LogP contribution >= 0.6 is 0 Å². The van der Waals surface area contributed by atoms with Crippen molar-refractivity contribution in [3.05, 3.63) is 102 Å². The van der Waals surface area contributed by atoms with E-state index >= 15 is 0 Å². The van der Waals surface area contributed by atoms with Crippen molar-refractivity contribution < 1.29 is 31.9 Å². The Morgan fingerprint density at radius 1 is 1.02 bits per heavy atom. The molecule has 0 aliphatic heterocycles. The Bertz CT molecular complexity index is 1770. The monoisotopic (exact) mass is 574 g/mol. The van der Waals surface area contributed by atoms with Crippen molar-refractivity contribution in [1.29, 1.82) is 0 Å². The fourth-order valence-corrected chi connectivity index (χ4v) is 6.69. The van der Waals surface area contributed by atoms with Crippen molar-refractivity contribution in [2.45, 2.75) is 38.1 Å². The van der Waals surface area contributed by atoms with E-state index in [1.54, 1.807) is 63.6 Å². The van der Waals surface area contributed by atoms with Crippen LogP contribution in [0.1, 0.15) is 41.9 Å². The molecule has 5 rings (SSSR count). The van der Waals surface area contributed by atoms with Crippen molar-refractivity contribution in [3.8, 4) is 11.1 Å². The number of rotatable bonds is 9. The largest absolute Gasteiger partial charge is 0.480 e. The zero-order valence-corrected chi connectivity index (χ0v) is 23.6. The predicted molar refractivity (Wildman–Crippen MR) is 155 cm³/mol. The van der Waals surface area contributed by atoms with Crippen molar-refractivity contribution in [1.82, 2.24) is 10.0 Å². The minimum absolute atomic E-state index is 0.0459. The first-order chi connectivity index (χ1) is 19.5. The van der Waals surface area contributed by atoms with Gasteiger partial charge in [0, 0.05) is 22.9 Å². The van der Waals surface area contributed by atoms with Gasteiger partial charge in [-0.05, 0) is 47.8 Å². The summed E-state index contributed by atoms with van der Waals surface area (Å²) < 4.78 is 41.3. The normalized spacial score (nSPS) is 17.9. The summed E-state index contributed by atoms with van der Waals surface area (Å²) in [4.78, 5) is 23.7. The van der Waals surface area contributed by atoms with Gasteiger partial charge >= 0.3 is 5.97 Å². The third-order valence-corrected chi connectivity index (χ3v) is 9.20. The van der Waals surface area contributed by atoms with E-state index in [1.807, 2.05) is 36.4 Å². The van der Waals surface area contributed by atoms with Gasteiger partial charge in [0.1, 0.15) is 11.6 Å². The van der Waals surface area contributed by atoms with E-state index in [4.69, 9.17) is 8.83 Å². The number of aliphatic carboxylic acids is 1. The highest BCUT2D eigenvalue weighted by atomic mass is 32.2. The van der Waals surface area contributed by atoms with Crippen LogP contribution in [0.3, 0.4) is 0 Å². The van der Waals surface area contributed by atoms with Gasteiger partial charge in [0.2, 0.25) is 10.0 Å². The van der Waals surface area contributed by atoms with Crippen LogP contribution in [0, 0.1) is 12.8 Å². The Balaban J connectivity index is 1.55. The molecule has 1 amide bonds. The van der Waals surface area contributed by atoms with Crippen molar-refractivity contribution >= 4 is 38.4 Å². The second kappa shape index (κ2) is 10.9. The van der Waals surface area contributed by atoms with E-state index in [0.29, 0.717) is 16.5 Å². The van der Waals surface area contributed by atoms with Crippen LogP contribution in [0.25, 0.3) is 27.7 Å². The Hall–Kier alpha value is -4.41. The lowest BCUT2D eigenvalue weighted by Crippen LogP contribution is -2.60. The van der Waals surface area contributed by atoms with Gasteiger partial charge < -0.3 is 19.3 Å². The second-order valence-corrected chi connectivity index (χ2v) is 12.3. The second-order valence-electron chi connectivity index (χ2n) is 10.3. The molecule has 1 aliphatic carbocycles. The summed E-state index contributed by atoms with van der Waals surface area (Å²) in [6, 6.07) is 15.2. The third kappa shape index (κ3) is 5.23. The Morgan fingerprint density at radius 2 is 1.78 bits per heavy atom. The van der Waals surface area contributed by atoms with Gasteiger partial charge in [-0.2, -0.15) is 4.72 Å². The fraction of sp³-hybridized carbons (Fsp3) is 0.226. The number of carbonyl (C=O) groups is 2. The van der Waals surface area contributed by atoms with E-state index in [0.717, 1.165) is 22.3 Å². The summed E-state index contributed by atoms with van der Waals surface area (Å²) in [6.45, 7) is 4.94. The number of carboxylic acid groups (broad SMARTS) is 1. The van der Waals surface area contributed by atoms with Gasteiger partial charge in [-0.15, -0.1) is 0 Å². The molecule has 0 spiro atoms. The number of furan rings is 2. The average Bonchev–Trinajstić information content (AvgIpc) is 3.61. The highest BCUT2D eigenvalue weighted by Crippen LogP contribution is 2.36. The molecule has 9 nitrogen and oxygen atoms in total. The molecular weight excluding hydrogens is 544 g/mol. The van der Waals surface area contributed by atoms with Gasteiger partial charge in [0.15, 0.2) is 10.6 Å². The van der Waals surface area contributed by atoms with Crippen LogP contribution in [-0.2, 0) is 14.8 Å². The number of carboxylic acids is 1. The molecule has 2 heterocycles. The molecule has 10 heteroatoms. The highest BCUT2D eigenvalue weighted by Gasteiger charge is 2.46. The Kier molecular flexibility index (Phi) is 7.46. The lowest BCUT2D eigenvalue weighted by molar-refractivity contribution is -0.140. The van der Waals surface area contributed by atoms with Gasteiger partial charge in [0.25, 0.3) is 5.91 Å². The van der Waals surface area contributed by atoms with Crippen LogP contribution in [0.4, 0.5) is 0 Å². The standard InChI is InChI=1S/C31H30N2O7S/c1-19(2)27(30(35)36)33-41(37,38)31(15-12-22(13-16-31)21-8-5-4-6-9-21)32-29(34)28-20(3)26-24(23-14-17-39-18-23)10-7-11-25(26)40-28/h4-15,17-19,27,33H,16H2,1-3H3,(H,32,34)(H,35,36)/t27-,31?/m0/s1. The summed E-state index contributed by atoms with van der Waals surface area (Å²) in [6.07, 6.45) is 7.72. The highest BCUT2D eigenvalue weighted by molar-refractivity contribution is 7.91. The quantitative estimate of drug-likeness (QED) is 0.240. The molecule has 0 fully saturated rings. The Morgan fingerprint density at radius 3 is 2.39 bits per heavy atom.